The van der Waals surface area contributed by atoms with Gasteiger partial charge in [-0.2, -0.15) is 5.10 Å². The van der Waals surface area contributed by atoms with Crippen LogP contribution in [-0.2, 0) is 17.8 Å². The Morgan fingerprint density at radius 1 is 1.24 bits per heavy atom. The number of carbonyl (C=O) groups is 1. The van der Waals surface area contributed by atoms with Crippen LogP contribution in [0, 0.1) is 0 Å². The molecule has 0 aliphatic heterocycles. The highest BCUT2D eigenvalue weighted by molar-refractivity contribution is 9.10. The number of rotatable bonds is 6. The fourth-order valence-corrected chi connectivity index (χ4v) is 3.99. The van der Waals surface area contributed by atoms with E-state index in [1.807, 2.05) is 48.7 Å². The van der Waals surface area contributed by atoms with Gasteiger partial charge in [0.1, 0.15) is 5.75 Å². The molecule has 1 N–H and O–H groups in total. The number of fused-ring (bicyclic) bond motifs is 1. The third-order valence-corrected chi connectivity index (χ3v) is 5.78. The van der Waals surface area contributed by atoms with Crippen molar-refractivity contribution in [2.24, 2.45) is 0 Å². The number of hydrogen-bond acceptors (Lipinski definition) is 3. The van der Waals surface area contributed by atoms with Crippen LogP contribution >= 0.6 is 15.9 Å². The van der Waals surface area contributed by atoms with Gasteiger partial charge in [0.15, 0.2) is 6.10 Å². The Balaban J connectivity index is 1.42. The molecule has 2 unspecified atom stereocenters. The number of nitrogens with zero attached hydrogens (tertiary/aromatic N) is 2. The Labute approximate surface area is 179 Å². The molecule has 0 saturated heterocycles. The van der Waals surface area contributed by atoms with Crippen LogP contribution < -0.4 is 10.1 Å². The maximum Gasteiger partial charge on any atom is 0.261 e. The summed E-state index contributed by atoms with van der Waals surface area (Å²) in [7, 11) is 0. The van der Waals surface area contributed by atoms with Crippen molar-refractivity contribution in [1.82, 2.24) is 15.1 Å². The molecule has 4 rings (SSSR count). The molecule has 5 nitrogen and oxygen atoms in total. The molecule has 150 valence electrons. The molecule has 0 fully saturated rings. The first-order chi connectivity index (χ1) is 14.1. The molecule has 1 heterocycles. The minimum Gasteiger partial charge on any atom is -0.481 e. The SMILES string of the molecule is CC(Oc1ccc(Br)cc1)C(=O)NC1CCCc2c1cnn2Cc1ccccc1. The Kier molecular flexibility index (Phi) is 6.00. The summed E-state index contributed by atoms with van der Waals surface area (Å²) < 4.78 is 8.83. The number of ether oxygens (including phenoxy) is 1. The second kappa shape index (κ2) is 8.82. The van der Waals surface area contributed by atoms with E-state index in [2.05, 4.69) is 43.2 Å². The normalized spacial score (nSPS) is 16.7. The minimum absolute atomic E-state index is 0.0215. The highest BCUT2D eigenvalue weighted by Crippen LogP contribution is 2.30. The molecule has 2 atom stereocenters. The van der Waals surface area contributed by atoms with Crippen molar-refractivity contribution < 1.29 is 9.53 Å². The summed E-state index contributed by atoms with van der Waals surface area (Å²) in [5.41, 5.74) is 3.56. The van der Waals surface area contributed by atoms with Crippen molar-refractivity contribution in [1.29, 1.82) is 0 Å². The number of amides is 1. The zero-order valence-corrected chi connectivity index (χ0v) is 17.9. The molecule has 3 aromatic rings. The van der Waals surface area contributed by atoms with E-state index in [4.69, 9.17) is 4.74 Å². The van der Waals surface area contributed by atoms with E-state index >= 15 is 0 Å². The standard InChI is InChI=1S/C23H24BrN3O2/c1-16(29-19-12-10-18(24)11-13-19)23(28)26-21-8-5-9-22-20(21)14-25-27(22)15-17-6-3-2-4-7-17/h2-4,6-7,10-14,16,21H,5,8-9,15H2,1H3,(H,26,28). The highest BCUT2D eigenvalue weighted by atomic mass is 79.9. The van der Waals surface area contributed by atoms with Crippen LogP contribution in [0.15, 0.2) is 65.3 Å². The van der Waals surface area contributed by atoms with E-state index in [1.54, 1.807) is 6.92 Å². The molecule has 0 bridgehead atoms. The molecule has 29 heavy (non-hydrogen) atoms. The second-order valence-electron chi connectivity index (χ2n) is 7.36. The summed E-state index contributed by atoms with van der Waals surface area (Å²) in [5.74, 6) is 0.567. The van der Waals surface area contributed by atoms with E-state index in [1.165, 1.54) is 11.3 Å². The number of hydrogen-bond donors (Lipinski definition) is 1. The van der Waals surface area contributed by atoms with Crippen LogP contribution in [0.4, 0.5) is 0 Å². The third kappa shape index (κ3) is 4.70. The molecule has 1 aromatic heterocycles. The Bertz CT molecular complexity index is 970. The number of halogens is 1. The maximum atomic E-state index is 12.7. The largest absolute Gasteiger partial charge is 0.481 e. The van der Waals surface area contributed by atoms with Crippen molar-refractivity contribution in [3.8, 4) is 5.75 Å². The van der Waals surface area contributed by atoms with Gasteiger partial charge in [-0.1, -0.05) is 46.3 Å². The van der Waals surface area contributed by atoms with Gasteiger partial charge in [-0.25, -0.2) is 0 Å². The molecule has 6 heteroatoms. The summed E-state index contributed by atoms with van der Waals surface area (Å²) >= 11 is 3.40. The summed E-state index contributed by atoms with van der Waals surface area (Å²) in [6.07, 6.45) is 4.27. The lowest BCUT2D eigenvalue weighted by atomic mass is 9.92. The lowest BCUT2D eigenvalue weighted by Gasteiger charge is -2.26. The first-order valence-corrected chi connectivity index (χ1v) is 10.7. The van der Waals surface area contributed by atoms with Crippen LogP contribution in [0.2, 0.25) is 0 Å². The van der Waals surface area contributed by atoms with E-state index in [0.29, 0.717) is 5.75 Å². The van der Waals surface area contributed by atoms with Crippen LogP contribution in [0.3, 0.4) is 0 Å². The molecule has 2 aromatic carbocycles. The van der Waals surface area contributed by atoms with Crippen LogP contribution in [-0.4, -0.2) is 21.8 Å². The van der Waals surface area contributed by atoms with Crippen molar-refractivity contribution in [2.75, 3.05) is 0 Å². The first kappa shape index (κ1) is 19.7. The van der Waals surface area contributed by atoms with Gasteiger partial charge in [-0.15, -0.1) is 0 Å². The summed E-state index contributed by atoms with van der Waals surface area (Å²) in [4.78, 5) is 12.7. The summed E-state index contributed by atoms with van der Waals surface area (Å²) in [5, 5.41) is 7.76. The second-order valence-corrected chi connectivity index (χ2v) is 8.27. The van der Waals surface area contributed by atoms with Crippen molar-refractivity contribution >= 4 is 21.8 Å². The van der Waals surface area contributed by atoms with Crippen LogP contribution in [0.25, 0.3) is 0 Å². The Morgan fingerprint density at radius 2 is 2.00 bits per heavy atom. The molecule has 0 saturated carbocycles. The Hall–Kier alpha value is -2.60. The van der Waals surface area contributed by atoms with Gasteiger partial charge in [0.25, 0.3) is 5.91 Å². The fourth-order valence-electron chi connectivity index (χ4n) is 3.72. The molecule has 0 spiro atoms. The lowest BCUT2D eigenvalue weighted by molar-refractivity contribution is -0.128. The van der Waals surface area contributed by atoms with Gasteiger partial charge in [0, 0.05) is 15.7 Å². The lowest BCUT2D eigenvalue weighted by Crippen LogP contribution is -2.39. The number of aromatic nitrogens is 2. The Morgan fingerprint density at radius 3 is 2.76 bits per heavy atom. The fraction of sp³-hybridized carbons (Fsp3) is 0.304. The molecular formula is C23H24BrN3O2. The van der Waals surface area contributed by atoms with Crippen LogP contribution in [0.5, 0.6) is 5.75 Å². The maximum absolute atomic E-state index is 12.7. The van der Waals surface area contributed by atoms with E-state index in [-0.39, 0.29) is 11.9 Å². The highest BCUT2D eigenvalue weighted by Gasteiger charge is 2.27. The van der Waals surface area contributed by atoms with E-state index in [9.17, 15) is 4.79 Å². The van der Waals surface area contributed by atoms with Crippen LogP contribution in [0.1, 0.15) is 42.6 Å². The van der Waals surface area contributed by atoms with Gasteiger partial charge in [-0.3, -0.25) is 9.48 Å². The van der Waals surface area contributed by atoms with Gasteiger partial charge in [0.2, 0.25) is 0 Å². The molecule has 0 radical (unpaired) electrons. The smallest absolute Gasteiger partial charge is 0.261 e. The predicted octanol–water partition coefficient (Wildman–Crippen LogP) is 4.66. The van der Waals surface area contributed by atoms with Gasteiger partial charge < -0.3 is 10.1 Å². The molecule has 1 aliphatic rings. The summed E-state index contributed by atoms with van der Waals surface area (Å²) in [6, 6.07) is 17.8. The van der Waals surface area contributed by atoms with Crippen molar-refractivity contribution in [3.05, 3.63) is 82.1 Å². The van der Waals surface area contributed by atoms with E-state index < -0.39 is 6.10 Å². The zero-order valence-electron chi connectivity index (χ0n) is 16.3. The third-order valence-electron chi connectivity index (χ3n) is 5.25. The van der Waals surface area contributed by atoms with Crippen molar-refractivity contribution in [2.45, 2.75) is 44.9 Å². The van der Waals surface area contributed by atoms with Gasteiger partial charge in [0.05, 0.1) is 18.8 Å². The van der Waals surface area contributed by atoms with Gasteiger partial charge in [-0.05, 0) is 56.0 Å². The average molecular weight is 454 g/mol. The topological polar surface area (TPSA) is 56.1 Å². The molecule has 1 aliphatic carbocycles. The number of benzene rings is 2. The minimum atomic E-state index is -0.569. The zero-order chi connectivity index (χ0) is 20.2. The number of carbonyl (C=O) groups excluding carboxylic acids is 1. The quantitative estimate of drug-likeness (QED) is 0.590. The average Bonchev–Trinajstić information content (AvgIpc) is 3.14. The first-order valence-electron chi connectivity index (χ1n) is 9.91. The monoisotopic (exact) mass is 453 g/mol. The molecule has 1 amide bonds. The predicted molar refractivity (Wildman–Crippen MR) is 116 cm³/mol. The number of nitrogens with one attached hydrogen (secondary N) is 1. The van der Waals surface area contributed by atoms with E-state index in [0.717, 1.165) is 35.8 Å². The summed E-state index contributed by atoms with van der Waals surface area (Å²) in [6.45, 7) is 2.53. The van der Waals surface area contributed by atoms with Gasteiger partial charge >= 0.3 is 0 Å². The molecular weight excluding hydrogens is 430 g/mol. The van der Waals surface area contributed by atoms with Crippen molar-refractivity contribution in [3.63, 3.8) is 0 Å².